The van der Waals surface area contributed by atoms with E-state index in [-0.39, 0.29) is 17.4 Å². The largest absolute Gasteiger partial charge is 0.481 e. The number of rotatable bonds is 7. The number of aromatic nitrogens is 1. The number of hydrogen-bond donors (Lipinski definition) is 2. The quantitative estimate of drug-likeness (QED) is 0.646. The third kappa shape index (κ3) is 6.20. The summed E-state index contributed by atoms with van der Waals surface area (Å²) in [7, 11) is -2.43. The van der Waals surface area contributed by atoms with E-state index in [2.05, 4.69) is 10.3 Å². The van der Waals surface area contributed by atoms with E-state index < -0.39 is 22.2 Å². The van der Waals surface area contributed by atoms with Gasteiger partial charge in [0.25, 0.3) is 0 Å². The van der Waals surface area contributed by atoms with Crippen LogP contribution in [0, 0.1) is 12.8 Å². The van der Waals surface area contributed by atoms with Gasteiger partial charge in [0.1, 0.15) is 6.04 Å². The molecule has 0 radical (unpaired) electrons. The van der Waals surface area contributed by atoms with Crippen molar-refractivity contribution in [2.24, 2.45) is 5.92 Å². The van der Waals surface area contributed by atoms with Crippen LogP contribution in [0.25, 0.3) is 0 Å². The summed E-state index contributed by atoms with van der Waals surface area (Å²) in [6.07, 6.45) is -2.47. The van der Waals surface area contributed by atoms with E-state index in [0.717, 1.165) is 36.3 Å². The van der Waals surface area contributed by atoms with E-state index in [1.54, 1.807) is 24.0 Å². The van der Waals surface area contributed by atoms with Crippen molar-refractivity contribution in [3.05, 3.63) is 58.8 Å². The summed E-state index contributed by atoms with van der Waals surface area (Å²) in [5, 5.41) is 3.39. The molecule has 176 valence electrons. The van der Waals surface area contributed by atoms with E-state index in [9.17, 15) is 21.6 Å². The molecule has 1 aromatic carbocycles. The number of hydrogen-bond acceptors (Lipinski definition) is 5. The summed E-state index contributed by atoms with van der Waals surface area (Å²) in [4.78, 5) is 4.49. The number of ether oxygens (including phenoxy) is 1. The molecule has 2 aromatic rings. The van der Waals surface area contributed by atoms with Crippen LogP contribution >= 0.6 is 0 Å². The zero-order valence-corrected chi connectivity index (χ0v) is 19.1. The molecule has 1 fully saturated rings. The minimum atomic E-state index is -4.74. The summed E-state index contributed by atoms with van der Waals surface area (Å²) in [6, 6.07) is 7.66. The second kappa shape index (κ2) is 9.76. The first-order chi connectivity index (χ1) is 15.0. The van der Waals surface area contributed by atoms with Gasteiger partial charge in [0.05, 0.1) is 13.4 Å². The Morgan fingerprint density at radius 1 is 1.22 bits per heavy atom. The zero-order chi connectivity index (χ0) is 23.5. The van der Waals surface area contributed by atoms with Gasteiger partial charge in [0, 0.05) is 11.3 Å². The Labute approximate surface area is 186 Å². The number of halogens is 3. The number of benzene rings is 1. The van der Waals surface area contributed by atoms with Crippen LogP contribution < -0.4 is 14.8 Å². The Bertz CT molecular complexity index is 1030. The molecule has 0 amide bonds. The van der Waals surface area contributed by atoms with E-state index >= 15 is 0 Å². The minimum absolute atomic E-state index is 0.144. The fourth-order valence-corrected chi connectivity index (χ4v) is 4.92. The fraction of sp³-hybridized carbons (Fsp3) is 0.500. The van der Waals surface area contributed by atoms with Crippen LogP contribution in [0.1, 0.15) is 40.8 Å². The Kier molecular flexibility index (Phi) is 7.46. The molecule has 6 nitrogen and oxygen atoms in total. The lowest BCUT2D eigenvalue weighted by molar-refractivity contribution is -0.153. The van der Waals surface area contributed by atoms with Crippen molar-refractivity contribution in [1.29, 1.82) is 0 Å². The lowest BCUT2D eigenvalue weighted by atomic mass is 9.78. The van der Waals surface area contributed by atoms with Gasteiger partial charge in [-0.3, -0.25) is 0 Å². The molecule has 2 unspecified atom stereocenters. The van der Waals surface area contributed by atoms with Crippen molar-refractivity contribution >= 4 is 10.0 Å². The first-order valence-corrected chi connectivity index (χ1v) is 12.2. The molecule has 3 rings (SSSR count). The number of pyridine rings is 1. The van der Waals surface area contributed by atoms with E-state index in [4.69, 9.17) is 4.74 Å². The molecule has 0 aliphatic carbocycles. The van der Waals surface area contributed by atoms with Crippen LogP contribution in [0.5, 0.6) is 5.88 Å². The highest BCUT2D eigenvalue weighted by atomic mass is 32.2. The van der Waals surface area contributed by atoms with Crippen molar-refractivity contribution in [3.63, 3.8) is 0 Å². The van der Waals surface area contributed by atoms with Crippen molar-refractivity contribution in [1.82, 2.24) is 15.0 Å². The molecule has 10 heteroatoms. The number of sulfonamides is 1. The van der Waals surface area contributed by atoms with Gasteiger partial charge in [-0.25, -0.2) is 13.4 Å². The van der Waals surface area contributed by atoms with Gasteiger partial charge in [-0.15, -0.1) is 0 Å². The molecular weight excluding hydrogens is 443 g/mol. The summed E-state index contributed by atoms with van der Waals surface area (Å²) in [5.74, 6) is 1.02. The van der Waals surface area contributed by atoms with E-state index in [1.165, 1.54) is 12.1 Å². The van der Waals surface area contributed by atoms with Gasteiger partial charge in [-0.1, -0.05) is 30.3 Å². The van der Waals surface area contributed by atoms with E-state index in [0.29, 0.717) is 18.6 Å². The first-order valence-electron chi connectivity index (χ1n) is 10.3. The monoisotopic (exact) mass is 471 g/mol. The predicted molar refractivity (Wildman–Crippen MR) is 116 cm³/mol. The number of nitrogens with one attached hydrogen (secondary N) is 2. The van der Waals surface area contributed by atoms with Crippen LogP contribution in [0.2, 0.25) is 0 Å². The Morgan fingerprint density at radius 3 is 2.50 bits per heavy atom. The fourth-order valence-electron chi connectivity index (χ4n) is 4.22. The number of methoxy groups -OCH3 is 1. The minimum Gasteiger partial charge on any atom is -0.481 e. The topological polar surface area (TPSA) is 80.3 Å². The average Bonchev–Trinajstić information content (AvgIpc) is 2.72. The predicted octanol–water partition coefficient (Wildman–Crippen LogP) is 3.49. The summed E-state index contributed by atoms with van der Waals surface area (Å²) in [5.41, 5.74) is 2.64. The van der Waals surface area contributed by atoms with Crippen molar-refractivity contribution in [2.75, 3.05) is 26.5 Å². The molecule has 32 heavy (non-hydrogen) atoms. The van der Waals surface area contributed by atoms with Crippen LogP contribution in [-0.4, -0.2) is 46.0 Å². The summed E-state index contributed by atoms with van der Waals surface area (Å²) >= 11 is 0. The molecule has 0 saturated carbocycles. The lowest BCUT2D eigenvalue weighted by Gasteiger charge is -2.33. The van der Waals surface area contributed by atoms with Crippen molar-refractivity contribution in [2.45, 2.75) is 37.9 Å². The Balaban J connectivity index is 1.81. The molecule has 0 spiro atoms. The zero-order valence-electron chi connectivity index (χ0n) is 18.2. The van der Waals surface area contributed by atoms with Gasteiger partial charge < -0.3 is 10.1 Å². The number of piperidine rings is 1. The molecule has 1 saturated heterocycles. The molecule has 2 heterocycles. The van der Waals surface area contributed by atoms with Gasteiger partial charge in [0.15, 0.2) is 0 Å². The SMILES string of the molecule is COc1nc(C)ccc1C1CCNCC1Cc1ccc([C@H](NS(C)(=O)=O)C(F)(F)F)cc1. The van der Waals surface area contributed by atoms with Crippen LogP contribution in [0.15, 0.2) is 36.4 Å². The molecule has 1 aromatic heterocycles. The van der Waals surface area contributed by atoms with Crippen molar-refractivity contribution < 1.29 is 26.3 Å². The van der Waals surface area contributed by atoms with Crippen LogP contribution in [-0.2, 0) is 16.4 Å². The van der Waals surface area contributed by atoms with Gasteiger partial charge in [0.2, 0.25) is 15.9 Å². The highest BCUT2D eigenvalue weighted by Gasteiger charge is 2.42. The maximum Gasteiger partial charge on any atom is 0.408 e. The number of alkyl halides is 3. The maximum absolute atomic E-state index is 13.4. The lowest BCUT2D eigenvalue weighted by Crippen LogP contribution is -2.37. The standard InChI is InChI=1S/C22H28F3N3O3S/c1-14-4-9-19(21(27-14)31-2)18-10-11-26-13-17(18)12-15-5-7-16(8-6-15)20(22(23,24)25)28-32(3,29)30/h4-9,17-18,20,26,28H,10-13H2,1-3H3/t17?,18?,20-/m0/s1. The highest BCUT2D eigenvalue weighted by Crippen LogP contribution is 2.37. The smallest absolute Gasteiger partial charge is 0.408 e. The molecule has 1 aliphatic heterocycles. The number of aryl methyl sites for hydroxylation is 1. The van der Waals surface area contributed by atoms with Crippen molar-refractivity contribution in [3.8, 4) is 5.88 Å². The van der Waals surface area contributed by atoms with Crippen LogP contribution in [0.4, 0.5) is 13.2 Å². The van der Waals surface area contributed by atoms with Gasteiger partial charge in [-0.05, 0) is 61.9 Å². The molecule has 1 aliphatic rings. The average molecular weight is 472 g/mol. The molecule has 2 N–H and O–H groups in total. The third-order valence-electron chi connectivity index (χ3n) is 5.70. The second-order valence-corrected chi connectivity index (χ2v) is 10.0. The Hall–Kier alpha value is -2.17. The number of nitrogens with zero attached hydrogens (tertiary/aromatic N) is 1. The Morgan fingerprint density at radius 2 is 1.91 bits per heavy atom. The van der Waals surface area contributed by atoms with Crippen LogP contribution in [0.3, 0.4) is 0 Å². The maximum atomic E-state index is 13.4. The summed E-state index contributed by atoms with van der Waals surface area (Å²) in [6.45, 7) is 3.53. The third-order valence-corrected chi connectivity index (χ3v) is 6.36. The normalized spacial score (nSPS) is 20.7. The molecule has 0 bridgehead atoms. The van der Waals surface area contributed by atoms with Gasteiger partial charge >= 0.3 is 6.18 Å². The first kappa shape index (κ1) is 24.5. The summed E-state index contributed by atoms with van der Waals surface area (Å²) < 4.78 is 70.2. The molecule has 3 atom stereocenters. The second-order valence-electron chi connectivity index (χ2n) is 8.22. The van der Waals surface area contributed by atoms with Gasteiger partial charge in [-0.2, -0.15) is 17.9 Å². The van der Waals surface area contributed by atoms with E-state index in [1.807, 2.05) is 19.1 Å². The highest BCUT2D eigenvalue weighted by molar-refractivity contribution is 7.88. The molecular formula is C22H28F3N3O3S.